The Morgan fingerprint density at radius 1 is 1.16 bits per heavy atom. The van der Waals surface area contributed by atoms with Crippen LogP contribution in [-0.2, 0) is 6.42 Å². The van der Waals surface area contributed by atoms with Crippen molar-refractivity contribution in [3.05, 3.63) is 68.4 Å². The third kappa shape index (κ3) is 3.88. The number of hydrogen-bond donors (Lipinski definition) is 1. The molecule has 0 aromatic heterocycles. The highest BCUT2D eigenvalue weighted by molar-refractivity contribution is 9.10. The van der Waals surface area contributed by atoms with Crippen LogP contribution in [-0.4, -0.2) is 7.05 Å². The zero-order valence-electron chi connectivity index (χ0n) is 10.5. The largest absolute Gasteiger partial charge is 0.313 e. The first-order valence-electron chi connectivity index (χ1n) is 5.97. The first-order valence-corrected chi connectivity index (χ1v) is 7.55. The van der Waals surface area contributed by atoms with Crippen LogP contribution in [0.3, 0.4) is 0 Å². The maximum absolute atomic E-state index is 13.4. The quantitative estimate of drug-likeness (QED) is 0.791. The Balaban J connectivity index is 2.26. The summed E-state index contributed by atoms with van der Waals surface area (Å²) in [5, 5.41) is 3.28. The summed E-state index contributed by atoms with van der Waals surface area (Å²) in [6.45, 7) is 0. The topological polar surface area (TPSA) is 12.0 Å². The summed E-state index contributed by atoms with van der Waals surface area (Å²) in [7, 11) is 1.92. The van der Waals surface area contributed by atoms with Crippen molar-refractivity contribution >= 4 is 31.9 Å². The highest BCUT2D eigenvalue weighted by Crippen LogP contribution is 2.27. The van der Waals surface area contributed by atoms with Crippen LogP contribution in [0.2, 0.25) is 0 Å². The van der Waals surface area contributed by atoms with Crippen LogP contribution in [0.1, 0.15) is 17.2 Å². The van der Waals surface area contributed by atoms with Gasteiger partial charge in [0.05, 0.1) is 0 Å². The van der Waals surface area contributed by atoms with Gasteiger partial charge in [-0.25, -0.2) is 4.39 Å². The second-order valence-corrected chi connectivity index (χ2v) is 6.11. The molecular formula is C15H14Br2FN. The van der Waals surface area contributed by atoms with E-state index in [-0.39, 0.29) is 11.9 Å². The van der Waals surface area contributed by atoms with E-state index in [2.05, 4.69) is 43.2 Å². The molecule has 2 aromatic rings. The lowest BCUT2D eigenvalue weighted by Crippen LogP contribution is -2.19. The number of benzene rings is 2. The number of likely N-dealkylation sites (N-methyl/N-ethyl adjacent to an activating group) is 1. The van der Waals surface area contributed by atoms with Gasteiger partial charge < -0.3 is 5.32 Å². The van der Waals surface area contributed by atoms with Crippen LogP contribution >= 0.6 is 31.9 Å². The lowest BCUT2D eigenvalue weighted by Gasteiger charge is -2.18. The predicted molar refractivity (Wildman–Crippen MR) is 83.7 cm³/mol. The van der Waals surface area contributed by atoms with Crippen molar-refractivity contribution in [2.45, 2.75) is 12.5 Å². The highest BCUT2D eigenvalue weighted by atomic mass is 79.9. The van der Waals surface area contributed by atoms with Gasteiger partial charge in [0.1, 0.15) is 5.82 Å². The van der Waals surface area contributed by atoms with E-state index in [0.29, 0.717) is 0 Å². The van der Waals surface area contributed by atoms with Gasteiger partial charge in [0.15, 0.2) is 0 Å². The van der Waals surface area contributed by atoms with E-state index in [1.54, 1.807) is 6.07 Å². The van der Waals surface area contributed by atoms with Gasteiger partial charge in [0.2, 0.25) is 0 Å². The first kappa shape index (κ1) is 14.7. The molecule has 0 aliphatic heterocycles. The normalized spacial score (nSPS) is 12.4. The maximum atomic E-state index is 13.4. The average Bonchev–Trinajstić information content (AvgIpc) is 2.36. The minimum Gasteiger partial charge on any atom is -0.313 e. The van der Waals surface area contributed by atoms with E-state index < -0.39 is 0 Å². The van der Waals surface area contributed by atoms with Gasteiger partial charge in [-0.2, -0.15) is 0 Å². The van der Waals surface area contributed by atoms with Crippen LogP contribution in [0.4, 0.5) is 4.39 Å². The molecule has 2 aromatic carbocycles. The minimum absolute atomic E-state index is 0.143. The molecule has 0 saturated heterocycles. The molecule has 0 spiro atoms. The molecule has 0 saturated carbocycles. The van der Waals surface area contributed by atoms with E-state index in [1.165, 1.54) is 11.6 Å². The van der Waals surface area contributed by atoms with E-state index in [4.69, 9.17) is 0 Å². The summed E-state index contributed by atoms with van der Waals surface area (Å²) in [6.07, 6.45) is 0.732. The SMILES string of the molecule is CNC(Cc1cc(F)cc(Br)c1)c1ccccc1Br. The lowest BCUT2D eigenvalue weighted by atomic mass is 9.99. The second kappa shape index (κ2) is 6.64. The third-order valence-electron chi connectivity index (χ3n) is 2.99. The predicted octanol–water partition coefficient (Wildman–Crippen LogP) is 4.85. The van der Waals surface area contributed by atoms with Crippen molar-refractivity contribution in [2.75, 3.05) is 7.05 Å². The number of nitrogens with one attached hydrogen (secondary N) is 1. The van der Waals surface area contributed by atoms with Gasteiger partial charge in [0, 0.05) is 15.0 Å². The number of hydrogen-bond acceptors (Lipinski definition) is 1. The zero-order chi connectivity index (χ0) is 13.8. The monoisotopic (exact) mass is 385 g/mol. The molecule has 100 valence electrons. The van der Waals surface area contributed by atoms with Crippen molar-refractivity contribution in [3.63, 3.8) is 0 Å². The molecule has 1 nitrogen and oxygen atoms in total. The lowest BCUT2D eigenvalue weighted by molar-refractivity contribution is 0.582. The Kier molecular flexibility index (Phi) is 5.13. The van der Waals surface area contributed by atoms with E-state index in [0.717, 1.165) is 20.9 Å². The fourth-order valence-corrected chi connectivity index (χ4v) is 3.16. The zero-order valence-corrected chi connectivity index (χ0v) is 13.6. The number of rotatable bonds is 4. The molecule has 4 heteroatoms. The smallest absolute Gasteiger partial charge is 0.124 e. The van der Waals surface area contributed by atoms with Gasteiger partial charge in [-0.15, -0.1) is 0 Å². The molecule has 2 rings (SSSR count). The van der Waals surface area contributed by atoms with Crippen molar-refractivity contribution < 1.29 is 4.39 Å². The van der Waals surface area contributed by atoms with Crippen LogP contribution in [0.15, 0.2) is 51.4 Å². The molecule has 1 unspecified atom stereocenters. The molecule has 0 heterocycles. The highest BCUT2D eigenvalue weighted by Gasteiger charge is 2.13. The van der Waals surface area contributed by atoms with Crippen molar-refractivity contribution in [1.82, 2.24) is 5.32 Å². The first-order chi connectivity index (χ1) is 9.10. The van der Waals surface area contributed by atoms with Crippen LogP contribution < -0.4 is 5.32 Å². The summed E-state index contributed by atoms with van der Waals surface area (Å²) in [5.41, 5.74) is 2.13. The van der Waals surface area contributed by atoms with Crippen LogP contribution in [0.5, 0.6) is 0 Å². The Morgan fingerprint density at radius 2 is 1.89 bits per heavy atom. The number of halogens is 3. The third-order valence-corrected chi connectivity index (χ3v) is 4.17. The Morgan fingerprint density at radius 3 is 2.53 bits per heavy atom. The average molecular weight is 387 g/mol. The van der Waals surface area contributed by atoms with E-state index >= 15 is 0 Å². The molecule has 1 atom stereocenters. The molecule has 1 N–H and O–H groups in total. The molecule has 0 aliphatic rings. The van der Waals surface area contributed by atoms with Gasteiger partial charge in [-0.1, -0.05) is 50.1 Å². The molecule has 0 fully saturated rings. The van der Waals surface area contributed by atoms with Crippen LogP contribution in [0.25, 0.3) is 0 Å². The molecule has 0 radical (unpaired) electrons. The molecule has 19 heavy (non-hydrogen) atoms. The fraction of sp³-hybridized carbons (Fsp3) is 0.200. The van der Waals surface area contributed by atoms with Crippen LogP contribution in [0, 0.1) is 5.82 Å². The molecule has 0 bridgehead atoms. The molecular weight excluding hydrogens is 373 g/mol. The van der Waals surface area contributed by atoms with Crippen molar-refractivity contribution in [3.8, 4) is 0 Å². The summed E-state index contributed by atoms with van der Waals surface area (Å²) in [5.74, 6) is -0.216. The molecule has 0 amide bonds. The maximum Gasteiger partial charge on any atom is 0.124 e. The fourth-order valence-electron chi connectivity index (χ4n) is 2.09. The Hall–Kier alpha value is -0.710. The standard InChI is InChI=1S/C15H14Br2FN/c1-19-15(13-4-2-3-5-14(13)17)8-10-6-11(16)9-12(18)7-10/h2-7,9,15,19H,8H2,1H3. The summed E-state index contributed by atoms with van der Waals surface area (Å²) in [4.78, 5) is 0. The summed E-state index contributed by atoms with van der Waals surface area (Å²) >= 11 is 6.88. The second-order valence-electron chi connectivity index (χ2n) is 4.34. The van der Waals surface area contributed by atoms with Gasteiger partial charge in [0.25, 0.3) is 0 Å². The van der Waals surface area contributed by atoms with Gasteiger partial charge in [-0.05, 0) is 48.9 Å². The summed E-state index contributed by atoms with van der Waals surface area (Å²) < 4.78 is 15.2. The summed E-state index contributed by atoms with van der Waals surface area (Å²) in [6, 6.07) is 13.2. The molecule has 0 aliphatic carbocycles. The minimum atomic E-state index is -0.216. The van der Waals surface area contributed by atoms with Gasteiger partial charge in [-0.3, -0.25) is 0 Å². The van der Waals surface area contributed by atoms with E-state index in [9.17, 15) is 4.39 Å². The van der Waals surface area contributed by atoms with Crippen molar-refractivity contribution in [2.24, 2.45) is 0 Å². The van der Waals surface area contributed by atoms with Crippen molar-refractivity contribution in [1.29, 1.82) is 0 Å². The van der Waals surface area contributed by atoms with E-state index in [1.807, 2.05) is 31.3 Å². The van der Waals surface area contributed by atoms with Gasteiger partial charge >= 0.3 is 0 Å². The Bertz CT molecular complexity index is 552. The Labute approximate surface area is 129 Å².